The first-order chi connectivity index (χ1) is 9.03. The average molecular weight is 318 g/mol. The van der Waals surface area contributed by atoms with Crippen LogP contribution >= 0.6 is 23.2 Å². The number of benzene rings is 1. The Kier molecular flexibility index (Phi) is 5.47. The summed E-state index contributed by atoms with van der Waals surface area (Å²) in [4.78, 5) is 12.0. The van der Waals surface area contributed by atoms with Crippen molar-refractivity contribution < 1.29 is 9.90 Å². The lowest BCUT2D eigenvalue weighted by Crippen LogP contribution is -2.57. The quantitative estimate of drug-likeness (QED) is 0.871. The molecule has 112 valence electrons. The van der Waals surface area contributed by atoms with E-state index in [1.807, 2.05) is 6.07 Å². The number of rotatable bonds is 5. The molecule has 5 heteroatoms. The molecular weight excluding hydrogens is 297 g/mol. The molecule has 0 fully saturated rings. The smallest absolute Gasteiger partial charge is 0.220 e. The average Bonchev–Trinajstić information content (AvgIpc) is 2.25. The normalized spacial score (nSPS) is 12.3. The fourth-order valence-electron chi connectivity index (χ4n) is 1.54. The predicted molar refractivity (Wildman–Crippen MR) is 83.3 cm³/mol. The van der Waals surface area contributed by atoms with E-state index in [0.717, 1.165) is 5.56 Å². The SMILES string of the molecule is CC(C)(O)C(C)(C)NC(=O)CCc1ccc(Cl)cc1Cl. The van der Waals surface area contributed by atoms with E-state index in [1.165, 1.54) is 0 Å². The zero-order valence-corrected chi connectivity index (χ0v) is 13.8. The van der Waals surface area contributed by atoms with Crippen LogP contribution < -0.4 is 5.32 Å². The van der Waals surface area contributed by atoms with Crippen LogP contribution in [0.15, 0.2) is 18.2 Å². The van der Waals surface area contributed by atoms with Crippen molar-refractivity contribution in [1.82, 2.24) is 5.32 Å². The lowest BCUT2D eigenvalue weighted by molar-refractivity contribution is -0.126. The maximum absolute atomic E-state index is 12.0. The van der Waals surface area contributed by atoms with E-state index in [1.54, 1.807) is 39.8 Å². The van der Waals surface area contributed by atoms with Crippen LogP contribution in [0.3, 0.4) is 0 Å². The van der Waals surface area contributed by atoms with Crippen LogP contribution in [0.4, 0.5) is 0 Å². The van der Waals surface area contributed by atoms with Gasteiger partial charge < -0.3 is 10.4 Å². The summed E-state index contributed by atoms with van der Waals surface area (Å²) in [6, 6.07) is 5.23. The number of hydrogen-bond donors (Lipinski definition) is 2. The molecule has 0 unspecified atom stereocenters. The zero-order chi connectivity index (χ0) is 15.6. The molecule has 0 spiro atoms. The fourth-order valence-corrected chi connectivity index (χ4v) is 2.04. The van der Waals surface area contributed by atoms with Crippen molar-refractivity contribution in [1.29, 1.82) is 0 Å². The van der Waals surface area contributed by atoms with Crippen molar-refractivity contribution in [2.45, 2.75) is 51.7 Å². The second kappa shape index (κ2) is 6.33. The third-order valence-corrected chi connectivity index (χ3v) is 4.20. The number of amides is 1. The number of carbonyl (C=O) groups is 1. The molecule has 1 rings (SSSR count). The van der Waals surface area contributed by atoms with Crippen LogP contribution in [0.5, 0.6) is 0 Å². The highest BCUT2D eigenvalue weighted by Gasteiger charge is 2.36. The molecule has 0 bridgehead atoms. The van der Waals surface area contributed by atoms with Crippen molar-refractivity contribution in [2.75, 3.05) is 0 Å². The second-order valence-electron chi connectivity index (χ2n) is 5.97. The van der Waals surface area contributed by atoms with Crippen LogP contribution in [0.1, 0.15) is 39.7 Å². The van der Waals surface area contributed by atoms with E-state index >= 15 is 0 Å². The van der Waals surface area contributed by atoms with Gasteiger partial charge in [-0.2, -0.15) is 0 Å². The van der Waals surface area contributed by atoms with Gasteiger partial charge in [0.15, 0.2) is 0 Å². The number of hydrogen-bond acceptors (Lipinski definition) is 2. The largest absolute Gasteiger partial charge is 0.388 e. The first-order valence-corrected chi connectivity index (χ1v) is 7.26. The number of halogens is 2. The Hall–Kier alpha value is -0.770. The zero-order valence-electron chi connectivity index (χ0n) is 12.3. The van der Waals surface area contributed by atoms with E-state index in [9.17, 15) is 9.90 Å². The summed E-state index contributed by atoms with van der Waals surface area (Å²) in [6.07, 6.45) is 0.838. The summed E-state index contributed by atoms with van der Waals surface area (Å²) >= 11 is 11.9. The van der Waals surface area contributed by atoms with Crippen molar-refractivity contribution >= 4 is 29.1 Å². The van der Waals surface area contributed by atoms with Gasteiger partial charge in [-0.1, -0.05) is 29.3 Å². The summed E-state index contributed by atoms with van der Waals surface area (Å²) in [5.74, 6) is -0.122. The van der Waals surface area contributed by atoms with Gasteiger partial charge in [0, 0.05) is 16.5 Å². The highest BCUT2D eigenvalue weighted by molar-refractivity contribution is 6.35. The molecule has 2 N–H and O–H groups in total. The minimum atomic E-state index is -0.999. The maximum atomic E-state index is 12.0. The van der Waals surface area contributed by atoms with Gasteiger partial charge in [-0.3, -0.25) is 4.79 Å². The molecule has 1 aromatic carbocycles. The van der Waals surface area contributed by atoms with Crippen molar-refractivity contribution in [3.63, 3.8) is 0 Å². The molecule has 20 heavy (non-hydrogen) atoms. The molecule has 0 saturated carbocycles. The van der Waals surface area contributed by atoms with Gasteiger partial charge in [0.1, 0.15) is 0 Å². The Bertz CT molecular complexity index is 493. The van der Waals surface area contributed by atoms with E-state index in [0.29, 0.717) is 22.9 Å². The Morgan fingerprint density at radius 1 is 1.25 bits per heavy atom. The van der Waals surface area contributed by atoms with E-state index in [2.05, 4.69) is 5.32 Å². The van der Waals surface area contributed by atoms with E-state index in [4.69, 9.17) is 23.2 Å². The Labute approximate surface area is 130 Å². The Morgan fingerprint density at radius 3 is 2.35 bits per heavy atom. The molecule has 0 saturated heterocycles. The Morgan fingerprint density at radius 2 is 1.85 bits per heavy atom. The first kappa shape index (κ1) is 17.3. The lowest BCUT2D eigenvalue weighted by atomic mass is 9.86. The summed E-state index contributed by atoms with van der Waals surface area (Å²) in [7, 11) is 0. The fraction of sp³-hybridized carbons (Fsp3) is 0.533. The molecule has 1 aromatic rings. The van der Waals surface area contributed by atoms with Gasteiger partial charge in [0.2, 0.25) is 5.91 Å². The molecule has 0 radical (unpaired) electrons. The highest BCUT2D eigenvalue weighted by Crippen LogP contribution is 2.23. The summed E-state index contributed by atoms with van der Waals surface area (Å²) < 4.78 is 0. The van der Waals surface area contributed by atoms with Crippen LogP contribution in [0.25, 0.3) is 0 Å². The van der Waals surface area contributed by atoms with Gasteiger partial charge in [0.25, 0.3) is 0 Å². The minimum Gasteiger partial charge on any atom is -0.388 e. The van der Waals surface area contributed by atoms with E-state index < -0.39 is 11.1 Å². The Balaban J connectivity index is 2.60. The van der Waals surface area contributed by atoms with Crippen LogP contribution in [-0.2, 0) is 11.2 Å². The predicted octanol–water partition coefficient (Wildman–Crippen LogP) is 3.59. The molecule has 0 aromatic heterocycles. The van der Waals surface area contributed by atoms with Crippen LogP contribution in [0.2, 0.25) is 10.0 Å². The topological polar surface area (TPSA) is 49.3 Å². The third kappa shape index (κ3) is 4.65. The molecule has 1 amide bonds. The maximum Gasteiger partial charge on any atom is 0.220 e. The summed E-state index contributed by atoms with van der Waals surface area (Å²) in [5.41, 5.74) is -0.818. The number of aliphatic hydroxyl groups is 1. The molecule has 0 heterocycles. The van der Waals surface area contributed by atoms with Gasteiger partial charge in [-0.25, -0.2) is 0 Å². The minimum absolute atomic E-state index is 0.122. The molecule has 0 aliphatic rings. The van der Waals surface area contributed by atoms with Gasteiger partial charge in [-0.15, -0.1) is 0 Å². The van der Waals surface area contributed by atoms with Crippen molar-refractivity contribution in [2.24, 2.45) is 0 Å². The monoisotopic (exact) mass is 317 g/mol. The van der Waals surface area contributed by atoms with E-state index in [-0.39, 0.29) is 5.91 Å². The van der Waals surface area contributed by atoms with Crippen LogP contribution in [-0.4, -0.2) is 22.2 Å². The second-order valence-corrected chi connectivity index (χ2v) is 6.81. The molecular formula is C15H21Cl2NO2. The van der Waals surface area contributed by atoms with Crippen molar-refractivity contribution in [3.05, 3.63) is 33.8 Å². The third-order valence-electron chi connectivity index (χ3n) is 3.62. The van der Waals surface area contributed by atoms with Gasteiger partial charge in [0.05, 0.1) is 11.1 Å². The standard InChI is InChI=1S/C15H21Cl2NO2/c1-14(2,15(3,4)20)18-13(19)8-6-10-5-7-11(16)9-12(10)17/h5,7,9,20H,6,8H2,1-4H3,(H,18,19). The molecule has 0 aliphatic carbocycles. The van der Waals surface area contributed by atoms with Crippen molar-refractivity contribution in [3.8, 4) is 0 Å². The van der Waals surface area contributed by atoms with Gasteiger partial charge >= 0.3 is 0 Å². The first-order valence-electron chi connectivity index (χ1n) is 6.50. The van der Waals surface area contributed by atoms with Crippen LogP contribution in [0, 0.1) is 0 Å². The summed E-state index contributed by atoms with van der Waals surface area (Å²) in [6.45, 7) is 6.92. The van der Waals surface area contributed by atoms with Gasteiger partial charge in [-0.05, 0) is 51.8 Å². The number of carbonyl (C=O) groups excluding carboxylic acids is 1. The number of aryl methyl sites for hydroxylation is 1. The highest BCUT2D eigenvalue weighted by atomic mass is 35.5. The molecule has 0 atom stereocenters. The molecule has 3 nitrogen and oxygen atoms in total. The number of nitrogens with one attached hydrogen (secondary N) is 1. The lowest BCUT2D eigenvalue weighted by Gasteiger charge is -2.38. The molecule has 0 aliphatic heterocycles. The summed E-state index contributed by atoms with van der Waals surface area (Å²) in [5, 5.41) is 14.0.